The first kappa shape index (κ1) is 17.2. The molecule has 1 unspecified atom stereocenters. The predicted octanol–water partition coefficient (Wildman–Crippen LogP) is 3.19. The van der Waals surface area contributed by atoms with Crippen LogP contribution in [0.3, 0.4) is 0 Å². The van der Waals surface area contributed by atoms with Crippen molar-refractivity contribution in [1.29, 1.82) is 0 Å². The summed E-state index contributed by atoms with van der Waals surface area (Å²) >= 11 is 5.58. The number of aliphatic hydroxyl groups is 1. The van der Waals surface area contributed by atoms with Gasteiger partial charge < -0.3 is 20.3 Å². The molecule has 0 saturated heterocycles. The number of rotatable bonds is 5. The third-order valence-corrected chi connectivity index (χ3v) is 3.58. The zero-order chi connectivity index (χ0) is 17.0. The number of aryl methyl sites for hydroxylation is 2. The van der Waals surface area contributed by atoms with E-state index < -0.39 is 18.0 Å². The van der Waals surface area contributed by atoms with Gasteiger partial charge in [0.2, 0.25) is 0 Å². The molecule has 1 atom stereocenters. The molecule has 8 heteroatoms. The zero-order valence-corrected chi connectivity index (χ0v) is 13.4. The van der Waals surface area contributed by atoms with Crippen LogP contribution in [-0.4, -0.2) is 22.8 Å². The molecule has 0 bridgehead atoms. The number of amides is 2. The fourth-order valence-corrected chi connectivity index (χ4v) is 2.12. The molecule has 124 valence electrons. The van der Waals surface area contributed by atoms with E-state index in [-0.39, 0.29) is 11.6 Å². The summed E-state index contributed by atoms with van der Waals surface area (Å²) in [5.74, 6) is -0.0571. The summed E-state index contributed by atoms with van der Waals surface area (Å²) in [6.45, 7) is 3.50. The van der Waals surface area contributed by atoms with E-state index in [1.165, 1.54) is 12.1 Å². The maximum Gasteiger partial charge on any atom is 0.319 e. The van der Waals surface area contributed by atoms with Crippen LogP contribution in [0, 0.1) is 12.7 Å². The van der Waals surface area contributed by atoms with Crippen LogP contribution in [0.2, 0.25) is 5.02 Å². The highest BCUT2D eigenvalue weighted by molar-refractivity contribution is 6.30. The minimum Gasteiger partial charge on any atom is -0.387 e. The standard InChI is InChI=1S/C15H17ClFN3O3/c1-3-13-14(8(2)20-23-13)19-15(22)18-7-12(21)9-4-5-10(16)11(17)6-9/h4-6,12,21H,3,7H2,1-2H3,(H2,18,19,22). The number of aromatic nitrogens is 1. The highest BCUT2D eigenvalue weighted by atomic mass is 35.5. The molecule has 0 radical (unpaired) electrons. The monoisotopic (exact) mass is 341 g/mol. The largest absolute Gasteiger partial charge is 0.387 e. The average Bonchev–Trinajstić information content (AvgIpc) is 2.88. The summed E-state index contributed by atoms with van der Waals surface area (Å²) in [5.41, 5.74) is 1.40. The highest BCUT2D eigenvalue weighted by Crippen LogP contribution is 2.21. The van der Waals surface area contributed by atoms with E-state index in [0.717, 1.165) is 6.07 Å². The first-order chi connectivity index (χ1) is 10.9. The van der Waals surface area contributed by atoms with Crippen molar-refractivity contribution in [2.24, 2.45) is 0 Å². The van der Waals surface area contributed by atoms with Gasteiger partial charge in [0.25, 0.3) is 0 Å². The highest BCUT2D eigenvalue weighted by Gasteiger charge is 2.16. The molecule has 0 saturated carbocycles. The quantitative estimate of drug-likeness (QED) is 0.779. The minimum absolute atomic E-state index is 0.0262. The number of urea groups is 1. The van der Waals surface area contributed by atoms with Crippen LogP contribution in [0.1, 0.15) is 30.0 Å². The smallest absolute Gasteiger partial charge is 0.319 e. The molecule has 0 aliphatic rings. The number of hydrogen-bond acceptors (Lipinski definition) is 4. The number of nitrogens with zero attached hydrogens (tertiary/aromatic N) is 1. The second-order valence-electron chi connectivity index (χ2n) is 4.94. The Bertz CT molecular complexity index is 705. The van der Waals surface area contributed by atoms with Crippen LogP contribution in [-0.2, 0) is 6.42 Å². The third kappa shape index (κ3) is 4.20. The predicted molar refractivity (Wildman–Crippen MR) is 84.0 cm³/mol. The van der Waals surface area contributed by atoms with E-state index in [2.05, 4.69) is 15.8 Å². The number of nitrogens with one attached hydrogen (secondary N) is 2. The van der Waals surface area contributed by atoms with Gasteiger partial charge in [-0.2, -0.15) is 0 Å². The Hall–Kier alpha value is -2.12. The lowest BCUT2D eigenvalue weighted by Crippen LogP contribution is -2.32. The van der Waals surface area contributed by atoms with Gasteiger partial charge in [-0.3, -0.25) is 0 Å². The maximum absolute atomic E-state index is 13.4. The van der Waals surface area contributed by atoms with Crippen LogP contribution in [0.15, 0.2) is 22.7 Å². The van der Waals surface area contributed by atoms with Gasteiger partial charge in [0.15, 0.2) is 5.76 Å². The number of benzene rings is 1. The summed E-state index contributed by atoms with van der Waals surface area (Å²) in [6.07, 6.45) is -0.468. The van der Waals surface area contributed by atoms with Crippen LogP contribution in [0.25, 0.3) is 0 Å². The lowest BCUT2D eigenvalue weighted by molar-refractivity contribution is 0.174. The van der Waals surface area contributed by atoms with Gasteiger partial charge in [0, 0.05) is 13.0 Å². The van der Waals surface area contributed by atoms with Crippen LogP contribution in [0.5, 0.6) is 0 Å². The minimum atomic E-state index is -1.05. The number of carbonyl (C=O) groups is 1. The molecular formula is C15H17ClFN3O3. The molecule has 2 aromatic rings. The van der Waals surface area contributed by atoms with Crippen molar-refractivity contribution in [1.82, 2.24) is 10.5 Å². The van der Waals surface area contributed by atoms with E-state index in [1.807, 2.05) is 6.92 Å². The maximum atomic E-state index is 13.4. The lowest BCUT2D eigenvalue weighted by atomic mass is 10.1. The number of aliphatic hydroxyl groups excluding tert-OH is 1. The van der Waals surface area contributed by atoms with Crippen molar-refractivity contribution in [3.05, 3.63) is 46.1 Å². The Morgan fingerprint density at radius 1 is 1.52 bits per heavy atom. The summed E-state index contributed by atoms with van der Waals surface area (Å²) in [4.78, 5) is 11.9. The molecule has 6 nitrogen and oxygen atoms in total. The Labute approximate surface area is 137 Å². The summed E-state index contributed by atoms with van der Waals surface area (Å²) in [5, 5.41) is 18.9. The second-order valence-corrected chi connectivity index (χ2v) is 5.35. The Balaban J connectivity index is 1.93. The van der Waals surface area contributed by atoms with E-state index in [4.69, 9.17) is 16.1 Å². The molecule has 1 aromatic heterocycles. The Morgan fingerprint density at radius 2 is 2.26 bits per heavy atom. The lowest BCUT2D eigenvalue weighted by Gasteiger charge is -2.13. The van der Waals surface area contributed by atoms with Crippen LogP contribution >= 0.6 is 11.6 Å². The molecule has 0 aliphatic carbocycles. The topological polar surface area (TPSA) is 87.4 Å². The number of anilines is 1. The van der Waals surface area contributed by atoms with E-state index >= 15 is 0 Å². The van der Waals surface area contributed by atoms with Crippen molar-refractivity contribution >= 4 is 23.3 Å². The fourth-order valence-electron chi connectivity index (χ4n) is 2.00. The summed E-state index contributed by atoms with van der Waals surface area (Å²) < 4.78 is 18.4. The molecule has 2 amide bonds. The molecule has 1 aromatic carbocycles. The SMILES string of the molecule is CCc1onc(C)c1NC(=O)NCC(O)c1ccc(Cl)c(F)c1. The van der Waals surface area contributed by atoms with Crippen LogP contribution in [0.4, 0.5) is 14.9 Å². The molecule has 3 N–H and O–H groups in total. The zero-order valence-electron chi connectivity index (χ0n) is 12.7. The summed E-state index contributed by atoms with van der Waals surface area (Å²) in [7, 11) is 0. The Morgan fingerprint density at radius 3 is 2.91 bits per heavy atom. The van der Waals surface area contributed by atoms with Gasteiger partial charge in [-0.05, 0) is 24.6 Å². The molecule has 23 heavy (non-hydrogen) atoms. The summed E-state index contributed by atoms with van der Waals surface area (Å²) in [6, 6.07) is 3.46. The molecule has 2 rings (SSSR count). The van der Waals surface area contributed by atoms with E-state index in [0.29, 0.717) is 29.1 Å². The van der Waals surface area contributed by atoms with Gasteiger partial charge in [0.05, 0.1) is 11.1 Å². The normalized spacial score (nSPS) is 12.0. The van der Waals surface area contributed by atoms with Crippen LogP contribution < -0.4 is 10.6 Å². The number of carbonyl (C=O) groups excluding carboxylic acids is 1. The van der Waals surface area contributed by atoms with Gasteiger partial charge >= 0.3 is 6.03 Å². The van der Waals surface area contributed by atoms with Crippen molar-refractivity contribution in [3.8, 4) is 0 Å². The van der Waals surface area contributed by atoms with Crippen molar-refractivity contribution in [2.45, 2.75) is 26.4 Å². The van der Waals surface area contributed by atoms with Crippen molar-refractivity contribution in [3.63, 3.8) is 0 Å². The van der Waals surface area contributed by atoms with Gasteiger partial charge in [0.1, 0.15) is 17.2 Å². The number of halogens is 2. The first-order valence-electron chi connectivity index (χ1n) is 7.05. The molecule has 0 aliphatic heterocycles. The average molecular weight is 342 g/mol. The van der Waals surface area contributed by atoms with Crippen molar-refractivity contribution < 1.29 is 18.8 Å². The van der Waals surface area contributed by atoms with Crippen molar-refractivity contribution in [2.75, 3.05) is 11.9 Å². The van der Waals surface area contributed by atoms with E-state index in [9.17, 15) is 14.3 Å². The molecular weight excluding hydrogens is 325 g/mol. The van der Waals surface area contributed by atoms with Gasteiger partial charge in [-0.1, -0.05) is 29.7 Å². The van der Waals surface area contributed by atoms with E-state index in [1.54, 1.807) is 6.92 Å². The number of hydrogen-bond donors (Lipinski definition) is 3. The second kappa shape index (κ2) is 7.43. The van der Waals surface area contributed by atoms with Gasteiger partial charge in [-0.15, -0.1) is 0 Å². The first-order valence-corrected chi connectivity index (χ1v) is 7.43. The molecule has 0 spiro atoms. The molecule has 1 heterocycles. The Kier molecular flexibility index (Phi) is 5.57. The third-order valence-electron chi connectivity index (χ3n) is 3.28. The molecule has 0 fully saturated rings. The van der Waals surface area contributed by atoms with Gasteiger partial charge in [-0.25, -0.2) is 9.18 Å². The fraction of sp³-hybridized carbons (Fsp3) is 0.333.